The van der Waals surface area contributed by atoms with Crippen LogP contribution in [0.4, 0.5) is 0 Å². The van der Waals surface area contributed by atoms with Crippen molar-refractivity contribution in [1.82, 2.24) is 15.5 Å². The summed E-state index contributed by atoms with van der Waals surface area (Å²) in [5.41, 5.74) is 1.87. The number of hydrogen-bond donors (Lipinski definition) is 2. The summed E-state index contributed by atoms with van der Waals surface area (Å²) in [5.74, 6) is -0.170. The van der Waals surface area contributed by atoms with Crippen LogP contribution in [0.15, 0.2) is 41.8 Å². The third-order valence-electron chi connectivity index (χ3n) is 5.60. The lowest BCUT2D eigenvalue weighted by Crippen LogP contribution is -2.37. The first-order valence-corrected chi connectivity index (χ1v) is 11.7. The normalized spacial score (nSPS) is 15.7. The van der Waals surface area contributed by atoms with E-state index in [-0.39, 0.29) is 29.7 Å². The van der Waals surface area contributed by atoms with E-state index in [2.05, 4.69) is 53.8 Å². The highest BCUT2D eigenvalue weighted by Crippen LogP contribution is 2.27. The summed E-state index contributed by atoms with van der Waals surface area (Å²) < 4.78 is 0. The molecule has 0 bridgehead atoms. The fourth-order valence-corrected chi connectivity index (χ4v) is 4.62. The highest BCUT2D eigenvalue weighted by atomic mass is 32.1. The minimum absolute atomic E-state index is 0.0286. The largest absolute Gasteiger partial charge is 0.354 e. The lowest BCUT2D eigenvalue weighted by Gasteiger charge is -2.26. The van der Waals surface area contributed by atoms with Gasteiger partial charge in [-0.1, -0.05) is 39.0 Å². The number of nitrogens with zero attached hydrogens (tertiary/aromatic N) is 1. The van der Waals surface area contributed by atoms with Gasteiger partial charge in [0.1, 0.15) is 0 Å². The predicted octanol–water partition coefficient (Wildman–Crippen LogP) is 4.12. The predicted molar refractivity (Wildman–Crippen MR) is 123 cm³/mol. The van der Waals surface area contributed by atoms with Crippen molar-refractivity contribution in [1.29, 1.82) is 0 Å². The highest BCUT2D eigenvalue weighted by molar-refractivity contribution is 7.10. The summed E-state index contributed by atoms with van der Waals surface area (Å²) in [5, 5.41) is 8.00. The Bertz CT molecular complexity index is 819. The van der Waals surface area contributed by atoms with Crippen molar-refractivity contribution in [3.05, 3.63) is 57.8 Å². The summed E-state index contributed by atoms with van der Waals surface area (Å²) in [4.78, 5) is 28.4. The molecule has 30 heavy (non-hydrogen) atoms. The van der Waals surface area contributed by atoms with Crippen LogP contribution in [0.3, 0.4) is 0 Å². The summed E-state index contributed by atoms with van der Waals surface area (Å²) in [6.07, 6.45) is 2.72. The Morgan fingerprint density at radius 2 is 1.77 bits per heavy atom. The molecule has 0 aliphatic carbocycles. The van der Waals surface area contributed by atoms with Crippen molar-refractivity contribution < 1.29 is 9.59 Å². The average Bonchev–Trinajstić information content (AvgIpc) is 3.42. The van der Waals surface area contributed by atoms with Crippen LogP contribution < -0.4 is 10.6 Å². The van der Waals surface area contributed by atoms with Crippen LogP contribution in [-0.4, -0.2) is 42.9 Å². The van der Waals surface area contributed by atoms with Crippen molar-refractivity contribution in [2.45, 2.75) is 51.5 Å². The first kappa shape index (κ1) is 22.5. The molecule has 1 aromatic heterocycles. The summed E-state index contributed by atoms with van der Waals surface area (Å²) in [6, 6.07) is 12.1. The molecule has 0 saturated carbocycles. The van der Waals surface area contributed by atoms with Crippen LogP contribution in [0, 0.1) is 0 Å². The molecule has 2 amide bonds. The summed E-state index contributed by atoms with van der Waals surface area (Å²) in [6.45, 7) is 9.56. The second-order valence-electron chi connectivity index (χ2n) is 8.91. The molecule has 5 nitrogen and oxygen atoms in total. The minimum Gasteiger partial charge on any atom is -0.354 e. The molecule has 1 aromatic carbocycles. The summed E-state index contributed by atoms with van der Waals surface area (Å²) >= 11 is 1.74. The molecule has 1 aliphatic heterocycles. The molecule has 2 aromatic rings. The quantitative estimate of drug-likeness (QED) is 0.666. The van der Waals surface area contributed by atoms with Crippen LogP contribution in [0.2, 0.25) is 0 Å². The second-order valence-corrected chi connectivity index (χ2v) is 9.89. The zero-order valence-electron chi connectivity index (χ0n) is 18.2. The molecular formula is C24H33N3O2S. The van der Waals surface area contributed by atoms with E-state index >= 15 is 0 Å². The van der Waals surface area contributed by atoms with Crippen LogP contribution in [0.5, 0.6) is 0 Å². The number of rotatable bonds is 8. The number of carbonyl (C=O) groups excluding carboxylic acids is 2. The third-order valence-corrected chi connectivity index (χ3v) is 6.57. The van der Waals surface area contributed by atoms with Gasteiger partial charge in [0.2, 0.25) is 5.91 Å². The van der Waals surface area contributed by atoms with E-state index in [1.54, 1.807) is 11.3 Å². The van der Waals surface area contributed by atoms with Crippen molar-refractivity contribution in [3.8, 4) is 0 Å². The van der Waals surface area contributed by atoms with E-state index in [1.165, 1.54) is 23.3 Å². The zero-order chi connectivity index (χ0) is 21.6. The van der Waals surface area contributed by atoms with Gasteiger partial charge in [-0.2, -0.15) is 0 Å². The zero-order valence-corrected chi connectivity index (χ0v) is 19.1. The number of likely N-dealkylation sites (tertiary alicyclic amines) is 1. The van der Waals surface area contributed by atoms with E-state index in [9.17, 15) is 9.59 Å². The first-order valence-electron chi connectivity index (χ1n) is 10.8. The SMILES string of the molecule is CC(C)(C)c1ccc(C(=O)NCCC(=O)NCC(c2cccs2)N2CCCC2)cc1. The Kier molecular flexibility index (Phi) is 7.67. The Balaban J connectivity index is 1.43. The van der Waals surface area contributed by atoms with Gasteiger partial charge in [-0.05, 0) is 60.5 Å². The number of benzene rings is 1. The summed E-state index contributed by atoms with van der Waals surface area (Å²) in [7, 11) is 0. The number of amides is 2. The molecule has 1 fully saturated rings. The first-order chi connectivity index (χ1) is 14.3. The third kappa shape index (κ3) is 6.16. The number of nitrogens with one attached hydrogen (secondary N) is 2. The molecular weight excluding hydrogens is 394 g/mol. The van der Waals surface area contributed by atoms with E-state index < -0.39 is 0 Å². The van der Waals surface area contributed by atoms with E-state index in [0.29, 0.717) is 18.7 Å². The monoisotopic (exact) mass is 427 g/mol. The highest BCUT2D eigenvalue weighted by Gasteiger charge is 2.24. The van der Waals surface area contributed by atoms with E-state index in [4.69, 9.17) is 0 Å². The fraction of sp³-hybridized carbons (Fsp3) is 0.500. The number of carbonyl (C=O) groups is 2. The average molecular weight is 428 g/mol. The molecule has 1 atom stereocenters. The molecule has 6 heteroatoms. The minimum atomic E-state index is -0.142. The van der Waals surface area contributed by atoms with Gasteiger partial charge in [-0.15, -0.1) is 11.3 Å². The Hall–Kier alpha value is -2.18. The van der Waals surface area contributed by atoms with E-state index in [0.717, 1.165) is 13.1 Å². The van der Waals surface area contributed by atoms with Crippen molar-refractivity contribution in [2.75, 3.05) is 26.2 Å². The standard InChI is InChI=1S/C24H33N3O2S/c1-24(2,3)19-10-8-18(9-11-19)23(29)25-13-12-22(28)26-17-20(21-7-6-16-30-21)27-14-4-5-15-27/h6-11,16,20H,4-5,12-15,17H2,1-3H3,(H,25,29)(H,26,28). The fourth-order valence-electron chi connectivity index (χ4n) is 3.76. The van der Waals surface area contributed by atoms with Crippen LogP contribution in [0.1, 0.15) is 66.9 Å². The van der Waals surface area contributed by atoms with Crippen molar-refractivity contribution >= 4 is 23.2 Å². The van der Waals surface area contributed by atoms with Gasteiger partial charge in [0, 0.05) is 30.0 Å². The molecule has 0 spiro atoms. The van der Waals surface area contributed by atoms with Gasteiger partial charge in [-0.3, -0.25) is 14.5 Å². The molecule has 2 N–H and O–H groups in total. The molecule has 2 heterocycles. The maximum absolute atomic E-state index is 12.3. The van der Waals surface area contributed by atoms with Crippen molar-refractivity contribution in [3.63, 3.8) is 0 Å². The lowest BCUT2D eigenvalue weighted by atomic mass is 9.87. The number of thiophene rings is 1. The van der Waals surface area contributed by atoms with Gasteiger partial charge in [0.05, 0.1) is 6.04 Å². The van der Waals surface area contributed by atoms with Crippen LogP contribution in [-0.2, 0) is 10.2 Å². The van der Waals surface area contributed by atoms with Gasteiger partial charge in [0.15, 0.2) is 0 Å². The molecule has 1 saturated heterocycles. The van der Waals surface area contributed by atoms with Crippen molar-refractivity contribution in [2.24, 2.45) is 0 Å². The number of hydrogen-bond acceptors (Lipinski definition) is 4. The maximum atomic E-state index is 12.3. The maximum Gasteiger partial charge on any atom is 0.251 e. The molecule has 0 radical (unpaired) electrons. The molecule has 1 unspecified atom stereocenters. The second kappa shape index (κ2) is 10.2. The van der Waals surface area contributed by atoms with Gasteiger partial charge < -0.3 is 10.6 Å². The Morgan fingerprint density at radius 1 is 1.07 bits per heavy atom. The molecule has 1 aliphatic rings. The van der Waals surface area contributed by atoms with E-state index in [1.807, 2.05) is 24.3 Å². The molecule has 162 valence electrons. The topological polar surface area (TPSA) is 61.4 Å². The Labute approximate surface area is 183 Å². The van der Waals surface area contributed by atoms with Gasteiger partial charge in [-0.25, -0.2) is 0 Å². The molecule has 3 rings (SSSR count). The lowest BCUT2D eigenvalue weighted by molar-refractivity contribution is -0.121. The van der Waals surface area contributed by atoms with Crippen LogP contribution >= 0.6 is 11.3 Å². The smallest absolute Gasteiger partial charge is 0.251 e. The van der Waals surface area contributed by atoms with Gasteiger partial charge in [0.25, 0.3) is 5.91 Å². The van der Waals surface area contributed by atoms with Crippen LogP contribution in [0.25, 0.3) is 0 Å². The van der Waals surface area contributed by atoms with Gasteiger partial charge >= 0.3 is 0 Å². The Morgan fingerprint density at radius 3 is 2.37 bits per heavy atom.